The lowest BCUT2D eigenvalue weighted by molar-refractivity contribution is 0.0917. The fourth-order valence-electron chi connectivity index (χ4n) is 4.79. The van der Waals surface area contributed by atoms with E-state index in [0.717, 1.165) is 42.7 Å². The number of hydrogen-bond donors (Lipinski definition) is 3. The van der Waals surface area contributed by atoms with E-state index in [9.17, 15) is 13.2 Å². The summed E-state index contributed by atoms with van der Waals surface area (Å²) in [7, 11) is -1.25. The molecule has 2 aromatic carbocycles. The van der Waals surface area contributed by atoms with Crippen LogP contribution in [0.25, 0.3) is 16.7 Å². The van der Waals surface area contributed by atoms with Crippen LogP contribution in [0.1, 0.15) is 36.0 Å². The zero-order valence-corrected chi connectivity index (χ0v) is 22.5. The summed E-state index contributed by atoms with van der Waals surface area (Å²) >= 11 is 0. The van der Waals surface area contributed by atoms with Gasteiger partial charge in [0.25, 0.3) is 5.91 Å². The molecular weight excluding hydrogens is 514 g/mol. The molecule has 0 spiro atoms. The fourth-order valence-corrected chi connectivity index (χ4v) is 6.17. The Bertz CT molecular complexity index is 1610. The quantitative estimate of drug-likeness (QED) is 0.307. The molecule has 11 heteroatoms. The molecule has 3 N–H and O–H groups in total. The zero-order chi connectivity index (χ0) is 27.0. The first kappa shape index (κ1) is 25.3. The van der Waals surface area contributed by atoms with E-state index in [2.05, 4.69) is 32.3 Å². The van der Waals surface area contributed by atoms with E-state index in [-0.39, 0.29) is 17.2 Å². The lowest BCUT2D eigenvalue weighted by atomic mass is 10.0. The Kier molecular flexibility index (Phi) is 6.69. The van der Waals surface area contributed by atoms with Crippen LogP contribution in [0.15, 0.2) is 67.0 Å². The molecule has 1 aliphatic heterocycles. The Balaban J connectivity index is 1.16. The number of carbonyl (C=O) groups excluding carboxylic acids is 1. The normalized spacial score (nSPS) is 16.7. The highest BCUT2D eigenvalue weighted by Gasteiger charge is 2.35. The average molecular weight is 546 g/mol. The number of nitrogens with one attached hydrogen (secondary N) is 3. The summed E-state index contributed by atoms with van der Waals surface area (Å²) in [6.45, 7) is 1.98. The van der Waals surface area contributed by atoms with Crippen LogP contribution in [0.2, 0.25) is 0 Å². The van der Waals surface area contributed by atoms with Crippen molar-refractivity contribution < 1.29 is 13.2 Å². The standard InChI is InChI=1S/C28H31N7O3S/c1-34-14-12-22(13-15-34)30-27(36)19-5-7-21(8-6-19)31-28-29-18-20-11-16-35(26(20)32-28)24-4-2-3-23(17-24)33-39(37,38)25-9-10-25/h2-8,11,16-18,22,25,33H,9-10,12-15H2,1H3,(H,30,36)(H,29,31,32). The Labute approximate surface area is 227 Å². The number of carbonyl (C=O) groups is 1. The van der Waals surface area contributed by atoms with Crippen molar-refractivity contribution in [3.05, 3.63) is 72.6 Å². The zero-order valence-electron chi connectivity index (χ0n) is 21.7. The maximum atomic E-state index is 12.7. The van der Waals surface area contributed by atoms with E-state index in [0.29, 0.717) is 35.7 Å². The number of likely N-dealkylation sites (tertiary alicyclic amines) is 1. The number of aromatic nitrogens is 3. The SMILES string of the molecule is CN1CCC(NC(=O)c2ccc(Nc3ncc4ccn(-c5cccc(NS(=O)(=O)C6CC6)c5)c4n3)cc2)CC1. The second-order valence-corrected chi connectivity index (χ2v) is 12.3. The minimum atomic E-state index is -3.35. The maximum absolute atomic E-state index is 12.7. The van der Waals surface area contributed by atoms with Crippen LogP contribution >= 0.6 is 0 Å². The van der Waals surface area contributed by atoms with Crippen molar-refractivity contribution in [3.63, 3.8) is 0 Å². The summed E-state index contributed by atoms with van der Waals surface area (Å²) in [5.41, 5.74) is 3.37. The number of amides is 1. The first-order valence-electron chi connectivity index (χ1n) is 13.2. The van der Waals surface area contributed by atoms with Gasteiger partial charge in [-0.1, -0.05) is 6.07 Å². The van der Waals surface area contributed by atoms with Crippen molar-refractivity contribution in [2.45, 2.75) is 37.0 Å². The molecule has 0 bridgehead atoms. The average Bonchev–Trinajstić information content (AvgIpc) is 3.71. The number of anilines is 3. The highest BCUT2D eigenvalue weighted by molar-refractivity contribution is 7.93. The van der Waals surface area contributed by atoms with Crippen molar-refractivity contribution in [1.29, 1.82) is 0 Å². The van der Waals surface area contributed by atoms with Gasteiger partial charge in [-0.05, 0) is 94.4 Å². The van der Waals surface area contributed by atoms with Crippen LogP contribution in [0.5, 0.6) is 0 Å². The summed E-state index contributed by atoms with van der Waals surface area (Å²) in [5.74, 6) is 0.352. The van der Waals surface area contributed by atoms with E-state index in [1.807, 2.05) is 41.1 Å². The number of nitrogens with zero attached hydrogens (tertiary/aromatic N) is 4. The van der Waals surface area contributed by atoms with Gasteiger partial charge in [-0.25, -0.2) is 13.4 Å². The highest BCUT2D eigenvalue weighted by Crippen LogP contribution is 2.30. The minimum Gasteiger partial charge on any atom is -0.349 e. The molecule has 10 nitrogen and oxygen atoms in total. The molecule has 2 fully saturated rings. The second-order valence-electron chi connectivity index (χ2n) is 10.3. The lowest BCUT2D eigenvalue weighted by Crippen LogP contribution is -2.43. The van der Waals surface area contributed by atoms with Gasteiger partial charge in [-0.15, -0.1) is 0 Å². The molecule has 1 saturated carbocycles. The van der Waals surface area contributed by atoms with Gasteiger partial charge in [0.1, 0.15) is 5.65 Å². The van der Waals surface area contributed by atoms with Gasteiger partial charge in [0, 0.05) is 40.8 Å². The predicted octanol–water partition coefficient (Wildman–Crippen LogP) is 3.89. The van der Waals surface area contributed by atoms with Gasteiger partial charge in [0.2, 0.25) is 16.0 Å². The lowest BCUT2D eigenvalue weighted by Gasteiger charge is -2.29. The molecule has 4 aromatic rings. The van der Waals surface area contributed by atoms with Crippen molar-refractivity contribution in [3.8, 4) is 5.69 Å². The number of piperidine rings is 1. The van der Waals surface area contributed by atoms with E-state index in [4.69, 9.17) is 4.98 Å². The third kappa shape index (κ3) is 5.74. The van der Waals surface area contributed by atoms with E-state index < -0.39 is 10.0 Å². The summed E-state index contributed by atoms with van der Waals surface area (Å²) in [5, 5.41) is 6.91. The van der Waals surface area contributed by atoms with Gasteiger partial charge < -0.3 is 20.1 Å². The summed E-state index contributed by atoms with van der Waals surface area (Å²) in [4.78, 5) is 24.1. The van der Waals surface area contributed by atoms with Gasteiger partial charge in [-0.2, -0.15) is 4.98 Å². The molecule has 2 aliphatic rings. The van der Waals surface area contributed by atoms with Crippen molar-refractivity contribution in [2.75, 3.05) is 30.2 Å². The molecule has 202 valence electrons. The second kappa shape index (κ2) is 10.3. The molecule has 1 amide bonds. The largest absolute Gasteiger partial charge is 0.349 e. The van der Waals surface area contributed by atoms with Gasteiger partial charge in [0.05, 0.1) is 10.9 Å². The highest BCUT2D eigenvalue weighted by atomic mass is 32.2. The molecule has 39 heavy (non-hydrogen) atoms. The number of benzene rings is 2. The molecule has 1 saturated heterocycles. The number of hydrogen-bond acceptors (Lipinski definition) is 7. The van der Waals surface area contributed by atoms with Crippen LogP contribution in [0.3, 0.4) is 0 Å². The van der Waals surface area contributed by atoms with E-state index in [1.54, 1.807) is 30.5 Å². The van der Waals surface area contributed by atoms with Crippen LogP contribution in [0, 0.1) is 0 Å². The van der Waals surface area contributed by atoms with Gasteiger partial charge in [-0.3, -0.25) is 9.52 Å². The molecular formula is C28H31N7O3S. The van der Waals surface area contributed by atoms with Crippen LogP contribution < -0.4 is 15.4 Å². The first-order valence-corrected chi connectivity index (χ1v) is 14.7. The number of fused-ring (bicyclic) bond motifs is 1. The molecule has 6 rings (SSSR count). The Morgan fingerprint density at radius 3 is 2.49 bits per heavy atom. The third-order valence-corrected chi connectivity index (χ3v) is 9.10. The predicted molar refractivity (Wildman–Crippen MR) is 152 cm³/mol. The number of rotatable bonds is 8. The molecule has 0 radical (unpaired) electrons. The summed E-state index contributed by atoms with van der Waals surface area (Å²) < 4.78 is 29.3. The Hall–Kier alpha value is -3.96. The molecule has 3 heterocycles. The van der Waals surface area contributed by atoms with Crippen LogP contribution in [-0.4, -0.2) is 65.2 Å². The molecule has 1 aliphatic carbocycles. The molecule has 0 atom stereocenters. The van der Waals surface area contributed by atoms with Crippen molar-refractivity contribution >= 4 is 44.3 Å². The van der Waals surface area contributed by atoms with Crippen LogP contribution in [-0.2, 0) is 10.0 Å². The first-order chi connectivity index (χ1) is 18.8. The Morgan fingerprint density at radius 2 is 1.74 bits per heavy atom. The smallest absolute Gasteiger partial charge is 0.251 e. The van der Waals surface area contributed by atoms with Crippen molar-refractivity contribution in [1.82, 2.24) is 24.8 Å². The minimum absolute atomic E-state index is 0.0618. The van der Waals surface area contributed by atoms with Gasteiger partial charge >= 0.3 is 0 Å². The monoisotopic (exact) mass is 545 g/mol. The Morgan fingerprint density at radius 1 is 0.974 bits per heavy atom. The van der Waals surface area contributed by atoms with E-state index in [1.165, 1.54) is 0 Å². The topological polar surface area (TPSA) is 121 Å². The summed E-state index contributed by atoms with van der Waals surface area (Å²) in [6, 6.07) is 16.6. The van der Waals surface area contributed by atoms with E-state index >= 15 is 0 Å². The van der Waals surface area contributed by atoms with Gasteiger partial charge in [0.15, 0.2) is 0 Å². The third-order valence-electron chi connectivity index (χ3n) is 7.23. The fraction of sp³-hybridized carbons (Fsp3) is 0.321. The maximum Gasteiger partial charge on any atom is 0.251 e. The van der Waals surface area contributed by atoms with Crippen LogP contribution in [0.4, 0.5) is 17.3 Å². The number of sulfonamides is 1. The molecule has 0 unspecified atom stereocenters. The summed E-state index contributed by atoms with van der Waals surface area (Å²) in [6.07, 6.45) is 6.96. The molecule has 2 aromatic heterocycles. The van der Waals surface area contributed by atoms with Crippen molar-refractivity contribution in [2.24, 2.45) is 0 Å².